The number of piperazine rings is 1. The number of aryl methyl sites for hydroxylation is 1. The van der Waals surface area contributed by atoms with E-state index in [0.29, 0.717) is 25.4 Å². The van der Waals surface area contributed by atoms with E-state index in [0.717, 1.165) is 31.9 Å². The van der Waals surface area contributed by atoms with Crippen molar-refractivity contribution in [2.75, 3.05) is 32.8 Å². The number of nitrogens with zero attached hydrogens (tertiary/aromatic N) is 6. The minimum Gasteiger partial charge on any atom is -0.484 e. The van der Waals surface area contributed by atoms with E-state index in [1.807, 2.05) is 4.68 Å². The van der Waals surface area contributed by atoms with Crippen molar-refractivity contribution >= 4 is 5.91 Å². The number of halogens is 1. The van der Waals surface area contributed by atoms with E-state index in [9.17, 15) is 9.18 Å². The fourth-order valence-electron chi connectivity index (χ4n) is 2.84. The first-order valence-corrected chi connectivity index (χ1v) is 8.79. The summed E-state index contributed by atoms with van der Waals surface area (Å²) in [6.07, 6.45) is 0.981. The number of carbonyl (C=O) groups excluding carboxylic acids is 1. The Balaban J connectivity index is 1.43. The quantitative estimate of drug-likeness (QED) is 0.730. The second kappa shape index (κ2) is 8.70. The molecule has 0 radical (unpaired) electrons. The predicted octanol–water partition coefficient (Wildman–Crippen LogP) is 0.945. The van der Waals surface area contributed by atoms with Crippen molar-refractivity contribution in [3.8, 4) is 5.75 Å². The van der Waals surface area contributed by atoms with Crippen LogP contribution in [0, 0.1) is 5.82 Å². The molecule has 0 bridgehead atoms. The van der Waals surface area contributed by atoms with E-state index in [-0.39, 0.29) is 18.3 Å². The molecule has 0 unspecified atom stereocenters. The van der Waals surface area contributed by atoms with Crippen molar-refractivity contribution in [1.82, 2.24) is 30.0 Å². The monoisotopic (exact) mass is 362 g/mol. The van der Waals surface area contributed by atoms with E-state index in [4.69, 9.17) is 4.74 Å². The first-order chi connectivity index (χ1) is 12.7. The Hall–Kier alpha value is -2.55. The maximum atomic E-state index is 12.9. The van der Waals surface area contributed by atoms with Gasteiger partial charge in [0.2, 0.25) is 0 Å². The van der Waals surface area contributed by atoms with E-state index >= 15 is 0 Å². The van der Waals surface area contributed by atoms with E-state index in [2.05, 4.69) is 27.3 Å². The molecule has 3 rings (SSSR count). The zero-order valence-electron chi connectivity index (χ0n) is 14.8. The summed E-state index contributed by atoms with van der Waals surface area (Å²) in [5.41, 5.74) is 0. The van der Waals surface area contributed by atoms with Crippen LogP contribution in [0.25, 0.3) is 0 Å². The molecule has 9 heteroatoms. The van der Waals surface area contributed by atoms with Gasteiger partial charge in [-0.05, 0) is 41.1 Å². The van der Waals surface area contributed by atoms with Gasteiger partial charge >= 0.3 is 0 Å². The number of rotatable bonds is 7. The lowest BCUT2D eigenvalue weighted by Crippen LogP contribution is -2.49. The third-order valence-corrected chi connectivity index (χ3v) is 4.31. The van der Waals surface area contributed by atoms with Crippen LogP contribution < -0.4 is 4.74 Å². The smallest absolute Gasteiger partial charge is 0.260 e. The molecule has 0 atom stereocenters. The van der Waals surface area contributed by atoms with Gasteiger partial charge < -0.3 is 9.64 Å². The lowest BCUT2D eigenvalue weighted by atomic mass is 10.3. The number of tetrazole rings is 1. The Bertz CT molecular complexity index is 712. The molecule has 0 N–H and O–H groups in total. The number of hydrogen-bond donors (Lipinski definition) is 0. The minimum absolute atomic E-state index is 0.0413. The molecule has 1 amide bonds. The molecule has 2 aromatic rings. The average molecular weight is 362 g/mol. The normalized spacial score (nSPS) is 15.2. The highest BCUT2D eigenvalue weighted by Crippen LogP contribution is 2.12. The van der Waals surface area contributed by atoms with Gasteiger partial charge in [0, 0.05) is 32.7 Å². The summed E-state index contributed by atoms with van der Waals surface area (Å²) in [6, 6.07) is 5.65. The number of ether oxygens (including phenoxy) is 1. The standard InChI is InChI=1S/C17H23FN6O2/c1-2-7-24-16(19-20-21-24)12-22-8-10-23(11-9-22)17(25)13-26-15-5-3-14(18)4-6-15/h3-6H,2,7-13H2,1H3. The van der Waals surface area contributed by atoms with Crippen LogP contribution in [-0.2, 0) is 17.9 Å². The van der Waals surface area contributed by atoms with Crippen LogP contribution in [0.2, 0.25) is 0 Å². The summed E-state index contributed by atoms with van der Waals surface area (Å²) in [4.78, 5) is 16.3. The van der Waals surface area contributed by atoms with Gasteiger partial charge in [-0.1, -0.05) is 6.92 Å². The van der Waals surface area contributed by atoms with Crippen LogP contribution in [0.5, 0.6) is 5.75 Å². The Morgan fingerprint density at radius 1 is 1.19 bits per heavy atom. The summed E-state index contributed by atoms with van der Waals surface area (Å²) in [5, 5.41) is 11.8. The van der Waals surface area contributed by atoms with Crippen molar-refractivity contribution in [3.05, 3.63) is 35.9 Å². The number of benzene rings is 1. The Labute approximate surface area is 151 Å². The molecule has 1 fully saturated rings. The topological polar surface area (TPSA) is 76.4 Å². The molecule has 1 aromatic heterocycles. The molecule has 140 valence electrons. The largest absolute Gasteiger partial charge is 0.484 e. The number of hydrogen-bond acceptors (Lipinski definition) is 6. The maximum Gasteiger partial charge on any atom is 0.260 e. The lowest BCUT2D eigenvalue weighted by molar-refractivity contribution is -0.135. The number of aromatic nitrogens is 4. The first-order valence-electron chi connectivity index (χ1n) is 8.79. The zero-order chi connectivity index (χ0) is 18.4. The molecule has 1 saturated heterocycles. The maximum absolute atomic E-state index is 12.9. The van der Waals surface area contributed by atoms with Gasteiger partial charge in [0.05, 0.1) is 6.54 Å². The van der Waals surface area contributed by atoms with Gasteiger partial charge in [-0.2, -0.15) is 0 Å². The summed E-state index contributed by atoms with van der Waals surface area (Å²) in [5.74, 6) is 0.946. The summed E-state index contributed by atoms with van der Waals surface area (Å²) >= 11 is 0. The van der Waals surface area contributed by atoms with Crippen LogP contribution in [0.15, 0.2) is 24.3 Å². The fourth-order valence-corrected chi connectivity index (χ4v) is 2.84. The molecule has 1 aliphatic rings. The van der Waals surface area contributed by atoms with E-state index in [1.54, 1.807) is 4.90 Å². The fraction of sp³-hybridized carbons (Fsp3) is 0.529. The average Bonchev–Trinajstić information content (AvgIpc) is 3.09. The molecule has 26 heavy (non-hydrogen) atoms. The molecule has 0 aliphatic carbocycles. The van der Waals surface area contributed by atoms with Crippen LogP contribution in [0.3, 0.4) is 0 Å². The SMILES string of the molecule is CCCn1nnnc1CN1CCN(C(=O)COc2ccc(F)cc2)CC1. The van der Waals surface area contributed by atoms with Crippen LogP contribution in [-0.4, -0.2) is 68.7 Å². The Morgan fingerprint density at radius 2 is 1.92 bits per heavy atom. The third-order valence-electron chi connectivity index (χ3n) is 4.31. The second-order valence-electron chi connectivity index (χ2n) is 6.22. The van der Waals surface area contributed by atoms with Crippen molar-refractivity contribution < 1.29 is 13.9 Å². The van der Waals surface area contributed by atoms with Gasteiger partial charge in [0.1, 0.15) is 11.6 Å². The van der Waals surface area contributed by atoms with Gasteiger partial charge in [0.25, 0.3) is 5.91 Å². The Kier molecular flexibility index (Phi) is 6.11. The zero-order valence-corrected chi connectivity index (χ0v) is 14.8. The first kappa shape index (κ1) is 18.2. The predicted molar refractivity (Wildman–Crippen MR) is 91.9 cm³/mol. The number of amides is 1. The summed E-state index contributed by atoms with van der Waals surface area (Å²) < 4.78 is 20.1. The van der Waals surface area contributed by atoms with Crippen LogP contribution in [0.1, 0.15) is 19.2 Å². The van der Waals surface area contributed by atoms with Crippen molar-refractivity contribution in [2.45, 2.75) is 26.4 Å². The highest BCUT2D eigenvalue weighted by atomic mass is 19.1. The van der Waals surface area contributed by atoms with Gasteiger partial charge in [-0.3, -0.25) is 9.69 Å². The summed E-state index contributed by atoms with van der Waals surface area (Å²) in [6.45, 7) is 6.34. The lowest BCUT2D eigenvalue weighted by Gasteiger charge is -2.34. The molecule has 0 spiro atoms. The minimum atomic E-state index is -0.329. The van der Waals surface area contributed by atoms with E-state index in [1.165, 1.54) is 24.3 Å². The van der Waals surface area contributed by atoms with Gasteiger partial charge in [-0.15, -0.1) is 5.10 Å². The summed E-state index contributed by atoms with van der Waals surface area (Å²) in [7, 11) is 0. The van der Waals surface area contributed by atoms with E-state index < -0.39 is 0 Å². The van der Waals surface area contributed by atoms with Crippen LogP contribution in [0.4, 0.5) is 4.39 Å². The van der Waals surface area contributed by atoms with Crippen molar-refractivity contribution in [3.63, 3.8) is 0 Å². The Morgan fingerprint density at radius 3 is 2.62 bits per heavy atom. The molecular weight excluding hydrogens is 339 g/mol. The molecule has 8 nitrogen and oxygen atoms in total. The molecule has 1 aromatic carbocycles. The van der Waals surface area contributed by atoms with Gasteiger partial charge in [0.15, 0.2) is 12.4 Å². The third kappa shape index (κ3) is 4.75. The molecular formula is C17H23FN6O2. The molecule has 1 aliphatic heterocycles. The van der Waals surface area contributed by atoms with Crippen LogP contribution >= 0.6 is 0 Å². The second-order valence-corrected chi connectivity index (χ2v) is 6.22. The molecule has 2 heterocycles. The number of carbonyl (C=O) groups is 1. The molecule has 0 saturated carbocycles. The van der Waals surface area contributed by atoms with Crippen molar-refractivity contribution in [2.24, 2.45) is 0 Å². The highest BCUT2D eigenvalue weighted by Gasteiger charge is 2.22. The van der Waals surface area contributed by atoms with Crippen molar-refractivity contribution in [1.29, 1.82) is 0 Å². The highest BCUT2D eigenvalue weighted by molar-refractivity contribution is 5.77. The van der Waals surface area contributed by atoms with Gasteiger partial charge in [-0.25, -0.2) is 9.07 Å².